The second-order valence-electron chi connectivity index (χ2n) is 11.1. The molecule has 3 atom stereocenters. The third-order valence-corrected chi connectivity index (χ3v) is 8.59. The van der Waals surface area contributed by atoms with Gasteiger partial charge in [0, 0.05) is 43.3 Å². The van der Waals surface area contributed by atoms with Crippen molar-refractivity contribution in [1.29, 1.82) is 0 Å². The zero-order valence-corrected chi connectivity index (χ0v) is 22.8. The summed E-state index contributed by atoms with van der Waals surface area (Å²) in [6.07, 6.45) is 10.9. The molecule has 39 heavy (non-hydrogen) atoms. The van der Waals surface area contributed by atoms with Crippen LogP contribution in [0.15, 0.2) is 61.2 Å². The van der Waals surface area contributed by atoms with E-state index in [1.165, 1.54) is 24.0 Å². The standard InChI is InChI=1S/C31H39N5O3/c1-38-29-11-8-24-18-30(29)39-16-3-2-13-34(20-23-6-9-26(10-7-23)35-15-12-32-22-35)21-31(37)33-19-25-17-28(24)36-14-4-5-27(25)36/h6-12,15,18,22,25,27-28H,2-5,13-14,16-17,19-21H2,1H3,(H,33,37)/t25-,27+,28-/m1/s1. The van der Waals surface area contributed by atoms with Crippen molar-refractivity contribution in [2.24, 2.45) is 5.92 Å². The maximum Gasteiger partial charge on any atom is 0.234 e. The van der Waals surface area contributed by atoms with Crippen molar-refractivity contribution >= 4 is 5.91 Å². The predicted molar refractivity (Wildman–Crippen MR) is 150 cm³/mol. The van der Waals surface area contributed by atoms with Gasteiger partial charge in [-0.05, 0) is 86.5 Å². The van der Waals surface area contributed by atoms with Crippen molar-refractivity contribution in [3.05, 3.63) is 72.3 Å². The lowest BCUT2D eigenvalue weighted by Gasteiger charge is -2.25. The van der Waals surface area contributed by atoms with Crippen molar-refractivity contribution in [1.82, 2.24) is 24.7 Å². The number of methoxy groups -OCH3 is 1. The molecule has 0 radical (unpaired) electrons. The number of aromatic nitrogens is 2. The summed E-state index contributed by atoms with van der Waals surface area (Å²) in [7, 11) is 1.71. The molecule has 206 valence electrons. The molecule has 3 aromatic rings. The largest absolute Gasteiger partial charge is 0.493 e. The third kappa shape index (κ3) is 5.82. The topological polar surface area (TPSA) is 71.9 Å². The number of nitrogens with one attached hydrogen (secondary N) is 1. The van der Waals surface area contributed by atoms with Gasteiger partial charge in [-0.3, -0.25) is 14.6 Å². The Hall–Kier alpha value is -3.36. The molecule has 3 aliphatic heterocycles. The van der Waals surface area contributed by atoms with Crippen LogP contribution in [0.4, 0.5) is 0 Å². The lowest BCUT2D eigenvalue weighted by molar-refractivity contribution is -0.122. The predicted octanol–water partition coefficient (Wildman–Crippen LogP) is 4.20. The van der Waals surface area contributed by atoms with Gasteiger partial charge in [0.05, 0.1) is 26.6 Å². The summed E-state index contributed by atoms with van der Waals surface area (Å²) in [4.78, 5) is 22.2. The van der Waals surface area contributed by atoms with E-state index in [0.717, 1.165) is 62.6 Å². The molecule has 1 amide bonds. The normalized spacial score (nSPS) is 24.6. The Bertz CT molecular complexity index is 1250. The molecule has 0 unspecified atom stereocenters. The van der Waals surface area contributed by atoms with E-state index < -0.39 is 0 Å². The summed E-state index contributed by atoms with van der Waals surface area (Å²) >= 11 is 0. The van der Waals surface area contributed by atoms with Gasteiger partial charge in [-0.15, -0.1) is 0 Å². The van der Waals surface area contributed by atoms with Crippen molar-refractivity contribution in [2.45, 2.75) is 50.7 Å². The minimum absolute atomic E-state index is 0.119. The van der Waals surface area contributed by atoms with E-state index in [2.05, 4.69) is 56.5 Å². The first-order valence-corrected chi connectivity index (χ1v) is 14.3. The second kappa shape index (κ2) is 11.8. The Morgan fingerprint density at radius 3 is 2.82 bits per heavy atom. The van der Waals surface area contributed by atoms with E-state index in [1.807, 2.05) is 16.8 Å². The molecule has 1 aromatic heterocycles. The maximum absolute atomic E-state index is 13.2. The monoisotopic (exact) mass is 529 g/mol. The van der Waals surface area contributed by atoms with Crippen LogP contribution in [-0.4, -0.2) is 71.2 Å². The van der Waals surface area contributed by atoms with Crippen LogP contribution >= 0.6 is 0 Å². The average Bonchev–Trinajstić information content (AvgIpc) is 3.71. The first-order valence-electron chi connectivity index (χ1n) is 14.3. The molecule has 4 bridgehead atoms. The van der Waals surface area contributed by atoms with Crippen molar-refractivity contribution < 1.29 is 14.3 Å². The van der Waals surface area contributed by atoms with Crippen LogP contribution in [0, 0.1) is 5.92 Å². The first-order chi connectivity index (χ1) is 19.2. The summed E-state index contributed by atoms with van der Waals surface area (Å²) in [5.74, 6) is 2.21. The molecule has 6 rings (SSSR count). The lowest BCUT2D eigenvalue weighted by Crippen LogP contribution is -2.41. The number of fused-ring (bicyclic) bond motifs is 8. The lowest BCUT2D eigenvalue weighted by atomic mass is 9.94. The van der Waals surface area contributed by atoms with E-state index in [4.69, 9.17) is 9.47 Å². The van der Waals surface area contributed by atoms with Gasteiger partial charge in [-0.1, -0.05) is 18.2 Å². The smallest absolute Gasteiger partial charge is 0.234 e. The summed E-state index contributed by atoms with van der Waals surface area (Å²) in [5.41, 5.74) is 3.57. The molecule has 1 N–H and O–H groups in total. The first kappa shape index (κ1) is 25.9. The number of imidazole rings is 1. The quantitative estimate of drug-likeness (QED) is 0.546. The number of benzene rings is 2. The molecule has 2 fully saturated rings. The van der Waals surface area contributed by atoms with Gasteiger partial charge < -0.3 is 19.4 Å². The van der Waals surface area contributed by atoms with Crippen LogP contribution in [0.1, 0.15) is 49.3 Å². The SMILES string of the molecule is COc1ccc2cc1OCCCCN(Cc1ccc(-n3ccnc3)cc1)CC(=O)NC[C@H]1C[C@H]2N2CCC[C@@H]12. The van der Waals surface area contributed by atoms with Crippen LogP contribution < -0.4 is 14.8 Å². The number of ether oxygens (including phenoxy) is 2. The Kier molecular flexibility index (Phi) is 7.83. The minimum atomic E-state index is 0.119. The number of nitrogens with zero attached hydrogens (tertiary/aromatic N) is 4. The number of carbonyl (C=O) groups is 1. The van der Waals surface area contributed by atoms with E-state index in [1.54, 1.807) is 19.6 Å². The molecule has 2 saturated heterocycles. The zero-order chi connectivity index (χ0) is 26.6. The number of hydrogen-bond donors (Lipinski definition) is 1. The average molecular weight is 530 g/mol. The molecule has 3 aliphatic rings. The van der Waals surface area contributed by atoms with Crippen LogP contribution in [0.25, 0.3) is 5.69 Å². The molecule has 8 heteroatoms. The van der Waals surface area contributed by atoms with E-state index >= 15 is 0 Å². The molecule has 0 saturated carbocycles. The number of carbonyl (C=O) groups excluding carboxylic acids is 1. The Morgan fingerprint density at radius 1 is 1.10 bits per heavy atom. The highest BCUT2D eigenvalue weighted by atomic mass is 16.5. The second-order valence-corrected chi connectivity index (χ2v) is 11.1. The summed E-state index contributed by atoms with van der Waals surface area (Å²) in [6.45, 7) is 4.45. The van der Waals surface area contributed by atoms with E-state index in [-0.39, 0.29) is 5.91 Å². The zero-order valence-electron chi connectivity index (χ0n) is 22.8. The van der Waals surface area contributed by atoms with E-state index in [0.29, 0.717) is 31.2 Å². The summed E-state index contributed by atoms with van der Waals surface area (Å²) in [5, 5.41) is 3.31. The van der Waals surface area contributed by atoms with Crippen molar-refractivity contribution in [3.63, 3.8) is 0 Å². The fourth-order valence-electron chi connectivity index (χ4n) is 6.63. The third-order valence-electron chi connectivity index (χ3n) is 8.59. The summed E-state index contributed by atoms with van der Waals surface area (Å²) in [6, 6.07) is 15.8. The van der Waals surface area contributed by atoms with Gasteiger partial charge in [-0.25, -0.2) is 4.98 Å². The fraction of sp³-hybridized carbons (Fsp3) is 0.484. The molecule has 2 aromatic carbocycles. The van der Waals surface area contributed by atoms with Gasteiger partial charge in [0.25, 0.3) is 0 Å². The minimum Gasteiger partial charge on any atom is -0.493 e. The Labute approximate surface area is 230 Å². The number of rotatable bonds is 4. The van der Waals surface area contributed by atoms with Gasteiger partial charge in [0.15, 0.2) is 11.5 Å². The molecular weight excluding hydrogens is 490 g/mol. The van der Waals surface area contributed by atoms with Crippen LogP contribution in [-0.2, 0) is 11.3 Å². The van der Waals surface area contributed by atoms with Crippen LogP contribution in [0.2, 0.25) is 0 Å². The Balaban J connectivity index is 1.18. The molecular formula is C31H39N5O3. The van der Waals surface area contributed by atoms with Crippen LogP contribution in [0.5, 0.6) is 11.5 Å². The molecule has 8 nitrogen and oxygen atoms in total. The number of hydrogen-bond acceptors (Lipinski definition) is 6. The van der Waals surface area contributed by atoms with Gasteiger partial charge >= 0.3 is 0 Å². The van der Waals surface area contributed by atoms with Crippen molar-refractivity contribution in [2.75, 3.05) is 39.9 Å². The maximum atomic E-state index is 13.2. The molecule has 4 heterocycles. The van der Waals surface area contributed by atoms with Gasteiger partial charge in [-0.2, -0.15) is 0 Å². The highest BCUT2D eigenvalue weighted by Crippen LogP contribution is 2.46. The number of amides is 1. The van der Waals surface area contributed by atoms with Crippen LogP contribution in [0.3, 0.4) is 0 Å². The molecule has 0 aliphatic carbocycles. The highest BCUT2D eigenvalue weighted by Gasteiger charge is 2.44. The van der Waals surface area contributed by atoms with Crippen molar-refractivity contribution in [3.8, 4) is 17.2 Å². The highest BCUT2D eigenvalue weighted by molar-refractivity contribution is 5.78. The Morgan fingerprint density at radius 2 is 2.00 bits per heavy atom. The van der Waals surface area contributed by atoms with E-state index in [9.17, 15) is 4.79 Å². The molecule has 0 spiro atoms. The fourth-order valence-corrected chi connectivity index (χ4v) is 6.63. The van der Waals surface area contributed by atoms with Gasteiger partial charge in [0.1, 0.15) is 0 Å². The summed E-state index contributed by atoms with van der Waals surface area (Å²) < 4.78 is 13.9. The van der Waals surface area contributed by atoms with Gasteiger partial charge in [0.2, 0.25) is 5.91 Å².